The van der Waals surface area contributed by atoms with Crippen molar-refractivity contribution in [3.8, 4) is 22.5 Å². The van der Waals surface area contributed by atoms with Crippen LogP contribution in [0.2, 0.25) is 0 Å². The van der Waals surface area contributed by atoms with E-state index < -0.39 is 25.5 Å². The van der Waals surface area contributed by atoms with Gasteiger partial charge in [-0.1, -0.05) is 95.2 Å². The van der Waals surface area contributed by atoms with Crippen molar-refractivity contribution in [3.05, 3.63) is 132 Å². The average molecular weight is 843 g/mol. The predicted molar refractivity (Wildman–Crippen MR) is 203 cm³/mol. The Bertz CT molecular complexity index is 2770. The number of fused-ring (bicyclic) bond motifs is 6. The number of rotatable bonds is 3. The van der Waals surface area contributed by atoms with Crippen LogP contribution in [-0.2, 0) is 31.9 Å². The summed E-state index contributed by atoms with van der Waals surface area (Å²) in [4.78, 5) is 8.78. The van der Waals surface area contributed by atoms with Crippen molar-refractivity contribution in [2.45, 2.75) is 67.0 Å². The number of furan rings is 2. The van der Waals surface area contributed by atoms with E-state index >= 15 is 0 Å². The maximum Gasteiger partial charge on any atom is 0.136 e. The van der Waals surface area contributed by atoms with Crippen LogP contribution in [0, 0.1) is 31.3 Å². The SMILES string of the molecule is [2H]C([2H])([2H])c1c[c-]c(-c2cc(C(C)(C)C)ccn2)cc1.[2H]C([2H])([2H])c1cnc(-c2[c-]ccc3c2oc2cc4c(cc23)oc2ccccc24)cc1C([2H])([2H])C(C)(C)C.[Ir]. The Hall–Kier alpha value is -4.57. The second kappa shape index (κ2) is 13.6. The summed E-state index contributed by atoms with van der Waals surface area (Å²) in [5, 5.41) is 3.67. The van der Waals surface area contributed by atoms with E-state index in [1.165, 1.54) is 23.9 Å². The van der Waals surface area contributed by atoms with Gasteiger partial charge in [0.2, 0.25) is 0 Å². The van der Waals surface area contributed by atoms with E-state index in [-0.39, 0.29) is 36.6 Å². The number of aromatic nitrogens is 2. The van der Waals surface area contributed by atoms with Crippen LogP contribution in [0.4, 0.5) is 0 Å². The maximum atomic E-state index is 8.83. The van der Waals surface area contributed by atoms with E-state index in [9.17, 15) is 0 Å². The Kier molecular flexibility index (Phi) is 7.16. The molecule has 255 valence electrons. The Morgan fingerprint density at radius 2 is 1.52 bits per heavy atom. The fourth-order valence-corrected chi connectivity index (χ4v) is 5.88. The van der Waals surface area contributed by atoms with Gasteiger partial charge in [0.15, 0.2) is 0 Å². The molecule has 0 amide bonds. The van der Waals surface area contributed by atoms with E-state index in [1.54, 1.807) is 45.2 Å². The summed E-state index contributed by atoms with van der Waals surface area (Å²) in [6.07, 6.45) is 1.11. The van der Waals surface area contributed by atoms with Gasteiger partial charge in [-0.05, 0) is 70.8 Å². The molecule has 4 nitrogen and oxygen atoms in total. The molecule has 0 fully saturated rings. The van der Waals surface area contributed by atoms with Crippen molar-refractivity contribution in [1.82, 2.24) is 9.97 Å². The summed E-state index contributed by atoms with van der Waals surface area (Å²) in [6, 6.07) is 32.1. The van der Waals surface area contributed by atoms with Gasteiger partial charge in [0.05, 0.1) is 5.58 Å². The monoisotopic (exact) mass is 843 g/mol. The molecule has 0 saturated heterocycles. The molecule has 4 aromatic heterocycles. The van der Waals surface area contributed by atoms with Gasteiger partial charge >= 0.3 is 0 Å². The first-order valence-electron chi connectivity index (χ1n) is 20.2. The standard InChI is InChI=1S/C29H24NO2.C16H18N.Ir/c1-17-16-30-24(12-18(17)15-29(2,3)4)21-10-7-9-20-23-14-26-22(13-27(23)32-28(20)21)19-8-5-6-11-25(19)31-26;1-12-5-7-13(8-6-12)15-11-14(9-10-17-15)16(2,3)4;/h5-9,11-14,16H,15H2,1-4H3;5-7,9-11H,1-4H3;/q2*-1;/i1D3,15D2;1D3;. The molecule has 50 heavy (non-hydrogen) atoms. The molecule has 8 rings (SSSR count). The summed E-state index contributed by atoms with van der Waals surface area (Å²) < 4.78 is 76.1. The van der Waals surface area contributed by atoms with Gasteiger partial charge in [-0.25, -0.2) is 0 Å². The Labute approximate surface area is 319 Å². The van der Waals surface area contributed by atoms with Crippen molar-refractivity contribution in [1.29, 1.82) is 0 Å². The fourth-order valence-electron chi connectivity index (χ4n) is 5.88. The average Bonchev–Trinajstić information content (AvgIpc) is 3.70. The van der Waals surface area contributed by atoms with E-state index in [0.29, 0.717) is 28.0 Å². The Balaban J connectivity index is 0.000000230. The number of nitrogens with zero attached hydrogens (tertiary/aromatic N) is 2. The molecule has 0 atom stereocenters. The first-order chi connectivity index (χ1) is 26.5. The Morgan fingerprint density at radius 3 is 2.24 bits per heavy atom. The van der Waals surface area contributed by atoms with Gasteiger partial charge in [-0.3, -0.25) is 0 Å². The van der Waals surface area contributed by atoms with E-state index in [1.807, 2.05) is 54.6 Å². The molecule has 0 saturated carbocycles. The molecule has 4 heterocycles. The number of aryl methyl sites for hydroxylation is 2. The number of pyridine rings is 2. The van der Waals surface area contributed by atoms with Gasteiger partial charge in [-0.15, -0.1) is 53.6 Å². The Morgan fingerprint density at radius 1 is 0.740 bits per heavy atom. The van der Waals surface area contributed by atoms with Crippen LogP contribution in [0.3, 0.4) is 0 Å². The zero-order chi connectivity index (χ0) is 41.3. The predicted octanol–water partition coefficient (Wildman–Crippen LogP) is 12.4. The second-order valence-corrected chi connectivity index (χ2v) is 14.3. The van der Waals surface area contributed by atoms with Crippen LogP contribution in [-0.4, -0.2) is 9.97 Å². The molecule has 0 spiro atoms. The molecule has 8 aromatic rings. The van der Waals surface area contributed by atoms with E-state index in [4.69, 9.17) is 19.8 Å². The van der Waals surface area contributed by atoms with Gasteiger partial charge in [0.1, 0.15) is 16.7 Å². The zero-order valence-electron chi connectivity index (χ0n) is 36.8. The fraction of sp³-hybridized carbons (Fsp3) is 0.244. The summed E-state index contributed by atoms with van der Waals surface area (Å²) in [5.74, 6) is 0. The normalized spacial score (nSPS) is 15.1. The van der Waals surface area contributed by atoms with Gasteiger partial charge < -0.3 is 18.8 Å². The molecule has 5 heteroatoms. The third-order valence-corrected chi connectivity index (χ3v) is 8.31. The van der Waals surface area contributed by atoms with Crippen molar-refractivity contribution >= 4 is 43.9 Å². The molecule has 0 aliphatic heterocycles. The number of hydrogen-bond donors (Lipinski definition) is 0. The minimum Gasteiger partial charge on any atom is -0.501 e. The number of hydrogen-bond acceptors (Lipinski definition) is 4. The number of benzene rings is 4. The van der Waals surface area contributed by atoms with E-state index in [0.717, 1.165) is 44.0 Å². The molecule has 0 aliphatic carbocycles. The second-order valence-electron chi connectivity index (χ2n) is 14.3. The van der Waals surface area contributed by atoms with Crippen LogP contribution in [0.15, 0.2) is 106 Å². The summed E-state index contributed by atoms with van der Waals surface area (Å²) in [5.41, 5.74) is 6.04. The summed E-state index contributed by atoms with van der Waals surface area (Å²) in [6.45, 7) is 7.10. The molecule has 4 aromatic carbocycles. The van der Waals surface area contributed by atoms with Crippen LogP contribution in [0.25, 0.3) is 66.4 Å². The first-order valence-corrected chi connectivity index (χ1v) is 16.2. The van der Waals surface area contributed by atoms with E-state index in [2.05, 4.69) is 42.9 Å². The van der Waals surface area contributed by atoms with Crippen molar-refractivity contribution < 1.29 is 39.9 Å². The molecule has 0 bridgehead atoms. The largest absolute Gasteiger partial charge is 0.501 e. The van der Waals surface area contributed by atoms with Crippen molar-refractivity contribution in [2.75, 3.05) is 0 Å². The summed E-state index contributed by atoms with van der Waals surface area (Å²) in [7, 11) is 0. The molecule has 0 aliphatic rings. The molecule has 1 radical (unpaired) electrons. The van der Waals surface area contributed by atoms with Gasteiger partial charge in [0.25, 0.3) is 0 Å². The molecular weight excluding hydrogens is 793 g/mol. The summed E-state index contributed by atoms with van der Waals surface area (Å²) >= 11 is 0. The maximum absolute atomic E-state index is 8.83. The third-order valence-electron chi connectivity index (χ3n) is 8.31. The van der Waals surface area contributed by atoms with Crippen molar-refractivity contribution in [3.63, 3.8) is 0 Å². The van der Waals surface area contributed by atoms with Crippen LogP contribution < -0.4 is 0 Å². The third kappa shape index (κ3) is 7.17. The van der Waals surface area contributed by atoms with Crippen LogP contribution in [0.5, 0.6) is 0 Å². The molecule has 0 N–H and O–H groups in total. The quantitative estimate of drug-likeness (QED) is 0.166. The first kappa shape index (κ1) is 26.3. The zero-order valence-corrected chi connectivity index (χ0v) is 31.2. The minimum atomic E-state index is -2.51. The van der Waals surface area contributed by atoms with Gasteiger partial charge in [-0.2, -0.15) is 0 Å². The molecule has 0 unspecified atom stereocenters. The van der Waals surface area contributed by atoms with Crippen LogP contribution in [0.1, 0.15) is 74.8 Å². The van der Waals surface area contributed by atoms with Crippen LogP contribution >= 0.6 is 0 Å². The minimum absolute atomic E-state index is 0. The smallest absolute Gasteiger partial charge is 0.136 e. The van der Waals surface area contributed by atoms with Gasteiger partial charge in [0, 0.05) is 59.6 Å². The number of para-hydroxylation sites is 1. The molecular formula is C45H42IrN2O2-2. The van der Waals surface area contributed by atoms with Crippen molar-refractivity contribution in [2.24, 2.45) is 5.41 Å². The topological polar surface area (TPSA) is 52.1 Å².